The summed E-state index contributed by atoms with van der Waals surface area (Å²) >= 11 is 8.11. The second-order valence-corrected chi connectivity index (χ2v) is 12.2. The highest BCUT2D eigenvalue weighted by Crippen LogP contribution is 2.39. The number of methoxy groups -OCH3 is 1. The first-order valence-electron chi connectivity index (χ1n) is 15.3. The second-order valence-electron chi connectivity index (χ2n) is 10.7. The molecule has 14 heteroatoms. The van der Waals surface area contributed by atoms with E-state index in [-0.39, 0.29) is 41.0 Å². The number of carbonyl (C=O) groups is 1. The van der Waals surface area contributed by atoms with Crippen LogP contribution in [0.3, 0.4) is 0 Å². The maximum absolute atomic E-state index is 13.5. The smallest absolute Gasteiger partial charge is 0.271 e. The minimum Gasteiger partial charge on any atom is -0.493 e. The monoisotopic (exact) mass is 735 g/mol. The molecule has 0 saturated carbocycles. The Morgan fingerprint density at radius 3 is 2.56 bits per heavy atom. The molecule has 0 fully saturated rings. The quantitative estimate of drug-likeness (QED) is 0.115. The number of rotatable bonds is 13. The van der Waals surface area contributed by atoms with Gasteiger partial charge < -0.3 is 24.8 Å². The van der Waals surface area contributed by atoms with Crippen LogP contribution in [0.4, 0.5) is 10.1 Å². The summed E-state index contributed by atoms with van der Waals surface area (Å²) in [5.74, 6) is -0.0380. The molecule has 258 valence electrons. The Labute approximate surface area is 302 Å². The molecular formula is C36H32Cl2FN5O5S. The number of fused-ring (bicyclic) bond motifs is 1. The van der Waals surface area contributed by atoms with Crippen LogP contribution in [0.2, 0.25) is 5.02 Å². The van der Waals surface area contributed by atoms with Gasteiger partial charge in [-0.2, -0.15) is 0 Å². The third-order valence-corrected chi connectivity index (χ3v) is 8.84. The van der Waals surface area contributed by atoms with Crippen molar-refractivity contribution in [3.63, 3.8) is 0 Å². The van der Waals surface area contributed by atoms with E-state index in [9.17, 15) is 14.0 Å². The second kappa shape index (κ2) is 16.7. The average Bonchev–Trinajstić information content (AvgIpc) is 3.55. The molecule has 2 aromatic carbocycles. The molecule has 6 rings (SSSR count). The van der Waals surface area contributed by atoms with Crippen LogP contribution in [0, 0.1) is 5.82 Å². The van der Waals surface area contributed by atoms with Gasteiger partial charge in [0, 0.05) is 56.6 Å². The number of nitrogens with one attached hydrogen (secondary N) is 2. The van der Waals surface area contributed by atoms with E-state index in [2.05, 4.69) is 20.6 Å². The Kier molecular flexibility index (Phi) is 12.2. The van der Waals surface area contributed by atoms with E-state index in [0.29, 0.717) is 30.3 Å². The molecule has 10 nitrogen and oxygen atoms in total. The molecule has 4 aromatic heterocycles. The SMILES string of the molecule is CCOc1ccn(-c2ccc(F)cc2)c(=O)c1C(=O)Nc1ccc(Oc2ccnc3cc(-c4ccc(CNCCOC)cn4)sc23)cc1Cl.Cl. The molecule has 0 aliphatic rings. The molecule has 0 aliphatic carbocycles. The normalized spacial score (nSPS) is 10.9. The summed E-state index contributed by atoms with van der Waals surface area (Å²) in [6.45, 7) is 4.08. The maximum atomic E-state index is 13.5. The molecule has 0 aliphatic heterocycles. The maximum Gasteiger partial charge on any atom is 0.271 e. The molecule has 4 heterocycles. The van der Waals surface area contributed by atoms with Crippen molar-refractivity contribution in [1.82, 2.24) is 19.9 Å². The van der Waals surface area contributed by atoms with E-state index in [1.54, 1.807) is 44.5 Å². The summed E-state index contributed by atoms with van der Waals surface area (Å²) < 4.78 is 32.5. The van der Waals surface area contributed by atoms with Gasteiger partial charge in [-0.15, -0.1) is 23.7 Å². The van der Waals surface area contributed by atoms with E-state index in [1.165, 1.54) is 52.4 Å². The lowest BCUT2D eigenvalue weighted by molar-refractivity contribution is 0.102. The highest BCUT2D eigenvalue weighted by Gasteiger charge is 2.21. The van der Waals surface area contributed by atoms with E-state index in [4.69, 9.17) is 25.8 Å². The van der Waals surface area contributed by atoms with Crippen LogP contribution in [0.5, 0.6) is 17.2 Å². The Morgan fingerprint density at radius 2 is 1.84 bits per heavy atom. The fourth-order valence-corrected chi connectivity index (χ4v) is 6.24. The molecular weight excluding hydrogens is 704 g/mol. The molecule has 0 saturated heterocycles. The lowest BCUT2D eigenvalue weighted by Gasteiger charge is -2.14. The predicted molar refractivity (Wildman–Crippen MR) is 196 cm³/mol. The van der Waals surface area contributed by atoms with E-state index in [0.717, 1.165) is 32.9 Å². The number of hydrogen-bond donors (Lipinski definition) is 2. The highest BCUT2D eigenvalue weighted by molar-refractivity contribution is 7.22. The van der Waals surface area contributed by atoms with Gasteiger partial charge >= 0.3 is 0 Å². The summed E-state index contributed by atoms with van der Waals surface area (Å²) in [5.41, 5.74) is 2.46. The van der Waals surface area contributed by atoms with E-state index < -0.39 is 17.3 Å². The van der Waals surface area contributed by atoms with Gasteiger partial charge in [0.15, 0.2) is 0 Å². The first kappa shape index (κ1) is 36.4. The number of amides is 1. The number of carbonyl (C=O) groups excluding carboxylic acids is 1. The van der Waals surface area contributed by atoms with Crippen LogP contribution in [0.25, 0.3) is 26.5 Å². The lowest BCUT2D eigenvalue weighted by Crippen LogP contribution is -2.29. The predicted octanol–water partition coefficient (Wildman–Crippen LogP) is 7.90. The summed E-state index contributed by atoms with van der Waals surface area (Å²) in [7, 11) is 1.67. The van der Waals surface area contributed by atoms with Crippen LogP contribution >= 0.6 is 35.3 Å². The van der Waals surface area contributed by atoms with Gasteiger partial charge in [-0.1, -0.05) is 17.7 Å². The highest BCUT2D eigenvalue weighted by atomic mass is 35.5. The molecule has 6 aromatic rings. The molecule has 2 N–H and O–H groups in total. The standard InChI is InChI=1S/C36H31ClFN5O5S.ClH/c1-3-47-30-13-16-43(24-7-5-23(38)6-8-24)36(45)33(30)35(44)42-27-11-9-25(18-26(27)37)48-31-12-14-40-29-19-32(49-34(29)31)28-10-4-22(21-41-28)20-39-15-17-46-2;/h4-14,16,18-19,21,39H,3,15,17,20H2,1-2H3,(H,42,44);1H. The van der Waals surface area contributed by atoms with Gasteiger partial charge in [-0.05, 0) is 67.1 Å². The minimum absolute atomic E-state index is 0. The van der Waals surface area contributed by atoms with Crippen molar-refractivity contribution in [2.24, 2.45) is 0 Å². The molecule has 50 heavy (non-hydrogen) atoms. The topological polar surface area (TPSA) is 117 Å². The van der Waals surface area contributed by atoms with Crippen molar-refractivity contribution in [1.29, 1.82) is 0 Å². The van der Waals surface area contributed by atoms with Crippen LogP contribution in [0.1, 0.15) is 22.8 Å². The number of halogens is 3. The number of aromatic nitrogens is 3. The number of anilines is 1. The fraction of sp³-hybridized carbons (Fsp3) is 0.167. The Bertz CT molecular complexity index is 2160. The molecule has 0 atom stereocenters. The zero-order valence-electron chi connectivity index (χ0n) is 26.9. The number of hydrogen-bond acceptors (Lipinski definition) is 9. The molecule has 0 spiro atoms. The summed E-state index contributed by atoms with van der Waals surface area (Å²) in [6, 6.07) is 19.5. The summed E-state index contributed by atoms with van der Waals surface area (Å²) in [5, 5.41) is 6.21. The fourth-order valence-electron chi connectivity index (χ4n) is 4.98. The Hall–Kier alpha value is -4.85. The molecule has 1 amide bonds. The number of nitrogens with zero attached hydrogens (tertiary/aromatic N) is 3. The first-order valence-corrected chi connectivity index (χ1v) is 16.5. The summed E-state index contributed by atoms with van der Waals surface area (Å²) in [4.78, 5) is 37.0. The lowest BCUT2D eigenvalue weighted by atomic mass is 10.2. The van der Waals surface area contributed by atoms with Crippen LogP contribution in [-0.4, -0.2) is 47.3 Å². The van der Waals surface area contributed by atoms with Gasteiger partial charge in [0.25, 0.3) is 11.5 Å². The van der Waals surface area contributed by atoms with Gasteiger partial charge in [0.1, 0.15) is 28.6 Å². The Morgan fingerprint density at radius 1 is 1.02 bits per heavy atom. The van der Waals surface area contributed by atoms with Crippen LogP contribution in [-0.2, 0) is 11.3 Å². The zero-order valence-corrected chi connectivity index (χ0v) is 29.3. The van der Waals surface area contributed by atoms with Crippen molar-refractivity contribution in [3.8, 4) is 33.5 Å². The van der Waals surface area contributed by atoms with Crippen molar-refractivity contribution in [2.45, 2.75) is 13.5 Å². The summed E-state index contributed by atoms with van der Waals surface area (Å²) in [6.07, 6.45) is 4.99. The Balaban J connectivity index is 0.00000486. The number of benzene rings is 2. The van der Waals surface area contributed by atoms with Crippen molar-refractivity contribution in [2.75, 3.05) is 32.2 Å². The molecule has 0 unspecified atom stereocenters. The number of ether oxygens (including phenoxy) is 3. The van der Waals surface area contributed by atoms with E-state index >= 15 is 0 Å². The average molecular weight is 737 g/mol. The van der Waals surface area contributed by atoms with Gasteiger partial charge in [0.05, 0.1) is 44.7 Å². The first-order chi connectivity index (χ1) is 23.8. The third-order valence-electron chi connectivity index (χ3n) is 7.37. The van der Waals surface area contributed by atoms with Crippen molar-refractivity contribution in [3.05, 3.63) is 124 Å². The van der Waals surface area contributed by atoms with Gasteiger partial charge in [0.2, 0.25) is 0 Å². The van der Waals surface area contributed by atoms with Crippen molar-refractivity contribution >= 4 is 57.2 Å². The largest absolute Gasteiger partial charge is 0.493 e. The molecule has 0 bridgehead atoms. The van der Waals surface area contributed by atoms with Crippen LogP contribution < -0.4 is 25.7 Å². The van der Waals surface area contributed by atoms with E-state index in [1.807, 2.05) is 24.4 Å². The van der Waals surface area contributed by atoms with Gasteiger partial charge in [-0.3, -0.25) is 24.1 Å². The number of thiophene rings is 1. The zero-order chi connectivity index (χ0) is 34.3. The number of pyridine rings is 3. The minimum atomic E-state index is -0.716. The third kappa shape index (κ3) is 8.29. The van der Waals surface area contributed by atoms with Crippen molar-refractivity contribution < 1.29 is 23.4 Å². The van der Waals surface area contributed by atoms with Gasteiger partial charge in [-0.25, -0.2) is 4.39 Å². The molecule has 0 radical (unpaired) electrons. The van der Waals surface area contributed by atoms with Crippen LogP contribution in [0.15, 0.2) is 96.2 Å².